The van der Waals surface area contributed by atoms with E-state index < -0.39 is 0 Å². The van der Waals surface area contributed by atoms with Crippen molar-refractivity contribution in [2.24, 2.45) is 10.7 Å². The molecule has 1 aromatic rings. The molecule has 3 N–H and O–H groups in total. The van der Waals surface area contributed by atoms with Gasteiger partial charge in [0.2, 0.25) is 0 Å². The molecule has 0 atom stereocenters. The lowest BCUT2D eigenvalue weighted by Crippen LogP contribution is -2.38. The Kier molecular flexibility index (Phi) is 3.77. The van der Waals surface area contributed by atoms with Crippen molar-refractivity contribution in [2.75, 3.05) is 0 Å². The molecule has 0 radical (unpaired) electrons. The zero-order valence-corrected chi connectivity index (χ0v) is 10.4. The molecule has 1 heterocycles. The monoisotopic (exact) mass is 238 g/mol. The lowest BCUT2D eigenvalue weighted by atomic mass is 10.2. The molecule has 4 nitrogen and oxygen atoms in total. The van der Waals surface area contributed by atoms with Crippen molar-refractivity contribution in [2.45, 2.75) is 45.2 Å². The summed E-state index contributed by atoms with van der Waals surface area (Å²) in [4.78, 5) is 9.77. The van der Waals surface area contributed by atoms with Gasteiger partial charge in [0.25, 0.3) is 0 Å². The van der Waals surface area contributed by atoms with Crippen molar-refractivity contribution in [3.8, 4) is 0 Å². The van der Waals surface area contributed by atoms with E-state index in [1.165, 1.54) is 30.6 Å². The van der Waals surface area contributed by atoms with Crippen LogP contribution in [0.1, 0.15) is 35.6 Å². The zero-order valence-electron chi connectivity index (χ0n) is 9.57. The zero-order chi connectivity index (χ0) is 11.4. The molecule has 0 amide bonds. The van der Waals surface area contributed by atoms with Gasteiger partial charge in [-0.25, -0.2) is 9.98 Å². The molecule has 5 heteroatoms. The number of nitrogens with one attached hydrogen (secondary N) is 1. The average molecular weight is 238 g/mol. The normalized spacial score (nSPS) is 17.9. The number of aryl methyl sites for hydroxylation is 1. The average Bonchev–Trinajstić information content (AvgIpc) is 2.87. The summed E-state index contributed by atoms with van der Waals surface area (Å²) < 4.78 is 0. The van der Waals surface area contributed by atoms with Crippen molar-refractivity contribution in [1.29, 1.82) is 0 Å². The first-order valence-electron chi connectivity index (χ1n) is 5.72. The number of rotatable bonds is 3. The van der Waals surface area contributed by atoms with Gasteiger partial charge in [-0.05, 0) is 19.8 Å². The minimum absolute atomic E-state index is 0.529. The third-order valence-electron chi connectivity index (χ3n) is 2.76. The Labute approximate surface area is 100.0 Å². The Balaban J connectivity index is 1.81. The number of nitrogens with two attached hydrogens (primary N) is 1. The van der Waals surface area contributed by atoms with E-state index in [4.69, 9.17) is 5.73 Å². The maximum Gasteiger partial charge on any atom is 0.189 e. The topological polar surface area (TPSA) is 63.3 Å². The van der Waals surface area contributed by atoms with Gasteiger partial charge in [0.05, 0.1) is 6.54 Å². The highest BCUT2D eigenvalue weighted by Crippen LogP contribution is 2.17. The number of hydrogen-bond donors (Lipinski definition) is 2. The fourth-order valence-electron chi connectivity index (χ4n) is 1.95. The molecule has 1 aliphatic rings. The lowest BCUT2D eigenvalue weighted by molar-refractivity contribution is 0.625. The van der Waals surface area contributed by atoms with E-state index >= 15 is 0 Å². The van der Waals surface area contributed by atoms with Gasteiger partial charge < -0.3 is 11.1 Å². The van der Waals surface area contributed by atoms with Gasteiger partial charge >= 0.3 is 0 Å². The van der Waals surface area contributed by atoms with Crippen molar-refractivity contribution < 1.29 is 0 Å². The van der Waals surface area contributed by atoms with Crippen molar-refractivity contribution >= 4 is 17.3 Å². The summed E-state index contributed by atoms with van der Waals surface area (Å²) in [6, 6.07) is 0.529. The molecule has 0 unspecified atom stereocenters. The molecule has 0 aliphatic heterocycles. The van der Waals surface area contributed by atoms with Crippen LogP contribution in [0.15, 0.2) is 11.2 Å². The smallest absolute Gasteiger partial charge is 0.189 e. The Morgan fingerprint density at radius 3 is 3.00 bits per heavy atom. The summed E-state index contributed by atoms with van der Waals surface area (Å²) in [5.41, 5.74) is 5.82. The molecule has 2 rings (SSSR count). The Hall–Kier alpha value is -1.10. The molecule has 0 saturated heterocycles. The molecular weight excluding hydrogens is 220 g/mol. The van der Waals surface area contributed by atoms with E-state index in [1.807, 2.05) is 13.1 Å². The van der Waals surface area contributed by atoms with Crippen LogP contribution in [0.25, 0.3) is 0 Å². The summed E-state index contributed by atoms with van der Waals surface area (Å²) in [6.45, 7) is 2.63. The van der Waals surface area contributed by atoms with Gasteiger partial charge in [0.1, 0.15) is 5.01 Å². The largest absolute Gasteiger partial charge is 0.370 e. The third kappa shape index (κ3) is 3.20. The second-order valence-corrected chi connectivity index (χ2v) is 5.51. The molecule has 1 fully saturated rings. The van der Waals surface area contributed by atoms with E-state index in [9.17, 15) is 0 Å². The number of nitrogens with zero attached hydrogens (tertiary/aromatic N) is 2. The maximum absolute atomic E-state index is 5.82. The molecular formula is C11H18N4S. The van der Waals surface area contributed by atoms with E-state index in [0.717, 1.165) is 5.01 Å². The van der Waals surface area contributed by atoms with E-state index in [0.29, 0.717) is 18.5 Å². The molecule has 1 saturated carbocycles. The fourth-order valence-corrected chi connectivity index (χ4v) is 2.66. The molecule has 0 bridgehead atoms. The predicted octanol–water partition coefficient (Wildman–Crippen LogP) is 1.80. The maximum atomic E-state index is 5.82. The van der Waals surface area contributed by atoms with Gasteiger partial charge in [-0.2, -0.15) is 0 Å². The SMILES string of the molecule is Cc1cnc(CN=C(N)NC2CCCC2)s1. The highest BCUT2D eigenvalue weighted by Gasteiger charge is 2.14. The van der Waals surface area contributed by atoms with Gasteiger partial charge in [0, 0.05) is 17.1 Å². The van der Waals surface area contributed by atoms with E-state index in [-0.39, 0.29) is 0 Å². The Bertz CT molecular complexity index is 366. The van der Waals surface area contributed by atoms with Gasteiger partial charge in [-0.15, -0.1) is 11.3 Å². The third-order valence-corrected chi connectivity index (χ3v) is 3.66. The highest BCUT2D eigenvalue weighted by molar-refractivity contribution is 7.11. The summed E-state index contributed by atoms with van der Waals surface area (Å²) in [5.74, 6) is 0.555. The number of aliphatic imine (C=N–C) groups is 1. The Morgan fingerprint density at radius 1 is 1.62 bits per heavy atom. The minimum Gasteiger partial charge on any atom is -0.370 e. The van der Waals surface area contributed by atoms with Crippen LogP contribution in [-0.4, -0.2) is 17.0 Å². The molecule has 16 heavy (non-hydrogen) atoms. The van der Waals surface area contributed by atoms with Crippen molar-refractivity contribution in [3.05, 3.63) is 16.1 Å². The molecule has 0 aromatic carbocycles. The minimum atomic E-state index is 0.529. The lowest BCUT2D eigenvalue weighted by Gasteiger charge is -2.11. The van der Waals surface area contributed by atoms with E-state index in [1.54, 1.807) is 11.3 Å². The van der Waals surface area contributed by atoms with Gasteiger partial charge in [0.15, 0.2) is 5.96 Å². The number of thiazole rings is 1. The van der Waals surface area contributed by atoms with Crippen LogP contribution in [0.3, 0.4) is 0 Å². The first kappa shape index (κ1) is 11.4. The van der Waals surface area contributed by atoms with Crippen molar-refractivity contribution in [3.63, 3.8) is 0 Å². The summed E-state index contributed by atoms with van der Waals surface area (Å²) >= 11 is 1.67. The quantitative estimate of drug-likeness (QED) is 0.623. The molecule has 88 valence electrons. The van der Waals surface area contributed by atoms with Crippen LogP contribution < -0.4 is 11.1 Å². The number of guanidine groups is 1. The Morgan fingerprint density at radius 2 is 2.38 bits per heavy atom. The first-order chi connectivity index (χ1) is 7.74. The number of aromatic nitrogens is 1. The van der Waals surface area contributed by atoms with Crippen LogP contribution in [0, 0.1) is 6.92 Å². The second-order valence-electron chi connectivity index (χ2n) is 4.19. The van der Waals surface area contributed by atoms with Crippen LogP contribution in [-0.2, 0) is 6.54 Å². The summed E-state index contributed by atoms with van der Waals surface area (Å²) in [7, 11) is 0. The molecule has 1 aromatic heterocycles. The van der Waals surface area contributed by atoms with Crippen LogP contribution in [0.4, 0.5) is 0 Å². The van der Waals surface area contributed by atoms with Crippen LogP contribution in [0.5, 0.6) is 0 Å². The molecule has 0 spiro atoms. The summed E-state index contributed by atoms with van der Waals surface area (Å²) in [5, 5.41) is 4.28. The predicted molar refractivity (Wildman–Crippen MR) is 67.6 cm³/mol. The van der Waals surface area contributed by atoms with Crippen molar-refractivity contribution in [1.82, 2.24) is 10.3 Å². The van der Waals surface area contributed by atoms with Crippen LogP contribution >= 0.6 is 11.3 Å². The standard InChI is InChI=1S/C11H18N4S/c1-8-6-13-10(16-8)7-14-11(12)15-9-4-2-3-5-9/h6,9H,2-5,7H2,1H3,(H3,12,14,15). The fraction of sp³-hybridized carbons (Fsp3) is 0.636. The molecule has 1 aliphatic carbocycles. The van der Waals surface area contributed by atoms with Gasteiger partial charge in [-0.1, -0.05) is 12.8 Å². The van der Waals surface area contributed by atoms with Gasteiger partial charge in [-0.3, -0.25) is 0 Å². The van der Waals surface area contributed by atoms with E-state index in [2.05, 4.69) is 15.3 Å². The van der Waals surface area contributed by atoms with Crippen LogP contribution in [0.2, 0.25) is 0 Å². The second kappa shape index (κ2) is 5.30. The first-order valence-corrected chi connectivity index (χ1v) is 6.53. The summed E-state index contributed by atoms with van der Waals surface area (Å²) in [6.07, 6.45) is 6.91. The number of hydrogen-bond acceptors (Lipinski definition) is 3. The highest BCUT2D eigenvalue weighted by atomic mass is 32.1.